The van der Waals surface area contributed by atoms with Crippen LogP contribution in [0.2, 0.25) is 0 Å². The Morgan fingerprint density at radius 1 is 0.931 bits per heavy atom. The lowest BCUT2D eigenvalue weighted by molar-refractivity contribution is 0.593. The highest BCUT2D eigenvalue weighted by atomic mass is 32.2. The lowest BCUT2D eigenvalue weighted by Crippen LogP contribution is -2.13. The van der Waals surface area contributed by atoms with Crippen molar-refractivity contribution < 1.29 is 8.42 Å². The van der Waals surface area contributed by atoms with Crippen molar-refractivity contribution in [2.45, 2.75) is 12.2 Å². The Hall–Kier alpha value is -2.77. The van der Waals surface area contributed by atoms with Crippen LogP contribution in [0.3, 0.4) is 0 Å². The number of hydrogen-bond acceptors (Lipinski definition) is 6. The van der Waals surface area contributed by atoms with Crippen molar-refractivity contribution in [1.82, 2.24) is 9.97 Å². The van der Waals surface area contributed by atoms with Crippen LogP contribution in [0, 0.1) is 0 Å². The minimum absolute atomic E-state index is 0.0799. The molecule has 1 N–H and O–H groups in total. The van der Waals surface area contributed by atoms with Gasteiger partial charge in [0.25, 0.3) is 0 Å². The molecule has 0 saturated carbocycles. The van der Waals surface area contributed by atoms with Crippen LogP contribution in [-0.2, 0) is 15.6 Å². The van der Waals surface area contributed by atoms with Gasteiger partial charge in [-0.2, -0.15) is 0 Å². The summed E-state index contributed by atoms with van der Waals surface area (Å²) in [4.78, 5) is 10.8. The molecule has 4 aromatic rings. The maximum atomic E-state index is 12.3. The third kappa shape index (κ3) is 4.99. The lowest BCUT2D eigenvalue weighted by atomic mass is 10.2. The van der Waals surface area contributed by atoms with Gasteiger partial charge in [0.15, 0.2) is 9.84 Å². The Morgan fingerprint density at radius 2 is 1.66 bits per heavy atom. The van der Waals surface area contributed by atoms with E-state index in [1.165, 1.54) is 0 Å². The summed E-state index contributed by atoms with van der Waals surface area (Å²) in [5, 5.41) is 4.24. The molecule has 0 spiro atoms. The van der Waals surface area contributed by atoms with Crippen LogP contribution in [0.5, 0.6) is 0 Å². The van der Waals surface area contributed by atoms with Crippen LogP contribution in [0.4, 0.5) is 5.82 Å². The van der Waals surface area contributed by atoms with E-state index < -0.39 is 9.84 Å². The van der Waals surface area contributed by atoms with Crippen molar-refractivity contribution in [1.29, 1.82) is 0 Å². The molecule has 2 aromatic heterocycles. The Kier molecular flexibility index (Phi) is 5.87. The number of anilines is 1. The van der Waals surface area contributed by atoms with Gasteiger partial charge in [0.1, 0.15) is 17.0 Å². The van der Waals surface area contributed by atoms with Gasteiger partial charge in [-0.05, 0) is 23.6 Å². The first-order chi connectivity index (χ1) is 14.1. The number of thiophene rings is 1. The van der Waals surface area contributed by atoms with E-state index in [2.05, 4.69) is 33.5 Å². The van der Waals surface area contributed by atoms with Crippen LogP contribution in [-0.4, -0.2) is 30.7 Å². The number of rotatable bonds is 8. The standard InChI is InChI=1S/C22H21N3O2S2/c26-29(27,15-17-8-3-1-4-9-17)13-7-12-23-21-19-14-20(18-10-5-2-6-11-18)28-22(19)25-16-24-21/h1-6,8-11,14,16H,7,12-13,15H2,(H,23,24,25). The molecule has 0 radical (unpaired) electrons. The van der Waals surface area contributed by atoms with E-state index >= 15 is 0 Å². The molecule has 148 valence electrons. The summed E-state index contributed by atoms with van der Waals surface area (Å²) in [6.07, 6.45) is 2.07. The number of nitrogens with one attached hydrogen (secondary N) is 1. The van der Waals surface area contributed by atoms with Crippen LogP contribution in [0.15, 0.2) is 73.1 Å². The number of nitrogens with zero attached hydrogens (tertiary/aromatic N) is 2. The highest BCUT2D eigenvalue weighted by Gasteiger charge is 2.13. The summed E-state index contributed by atoms with van der Waals surface area (Å²) in [6, 6.07) is 21.5. The predicted molar refractivity (Wildman–Crippen MR) is 120 cm³/mol. The molecule has 0 aliphatic carbocycles. The van der Waals surface area contributed by atoms with Crippen molar-refractivity contribution in [3.63, 3.8) is 0 Å². The summed E-state index contributed by atoms with van der Waals surface area (Å²) < 4.78 is 24.7. The molecule has 0 amide bonds. The van der Waals surface area contributed by atoms with E-state index in [1.807, 2.05) is 48.5 Å². The maximum Gasteiger partial charge on any atom is 0.154 e. The van der Waals surface area contributed by atoms with E-state index in [4.69, 9.17) is 0 Å². The zero-order valence-corrected chi connectivity index (χ0v) is 17.4. The summed E-state index contributed by atoms with van der Waals surface area (Å²) in [7, 11) is -3.13. The fourth-order valence-electron chi connectivity index (χ4n) is 3.14. The monoisotopic (exact) mass is 423 g/mol. The van der Waals surface area contributed by atoms with Crippen LogP contribution >= 0.6 is 11.3 Å². The molecule has 0 atom stereocenters. The molecule has 4 rings (SSSR count). The van der Waals surface area contributed by atoms with Gasteiger partial charge in [-0.3, -0.25) is 0 Å². The molecule has 7 heteroatoms. The molecule has 0 fully saturated rings. The topological polar surface area (TPSA) is 72.0 Å². The molecule has 0 unspecified atom stereocenters. The number of benzene rings is 2. The van der Waals surface area contributed by atoms with Gasteiger partial charge >= 0.3 is 0 Å². The van der Waals surface area contributed by atoms with Crippen molar-refractivity contribution in [2.75, 3.05) is 17.6 Å². The SMILES string of the molecule is O=S(=O)(CCCNc1ncnc2sc(-c3ccccc3)cc12)Cc1ccccc1. The van der Waals surface area contributed by atoms with Crippen molar-refractivity contribution in [3.05, 3.63) is 78.6 Å². The zero-order chi connectivity index (χ0) is 20.1. The predicted octanol–water partition coefficient (Wildman–Crippen LogP) is 4.78. The molecule has 0 aliphatic rings. The second-order valence-electron chi connectivity index (χ2n) is 6.78. The first-order valence-corrected chi connectivity index (χ1v) is 12.0. The fourth-order valence-corrected chi connectivity index (χ4v) is 5.57. The third-order valence-electron chi connectivity index (χ3n) is 4.54. The van der Waals surface area contributed by atoms with E-state index in [1.54, 1.807) is 17.7 Å². The number of fused-ring (bicyclic) bond motifs is 1. The smallest absolute Gasteiger partial charge is 0.154 e. The molecule has 5 nitrogen and oxygen atoms in total. The van der Waals surface area contributed by atoms with Crippen molar-refractivity contribution in [2.24, 2.45) is 0 Å². The Labute approximate surface area is 174 Å². The first-order valence-electron chi connectivity index (χ1n) is 9.39. The normalized spacial score (nSPS) is 11.6. The second-order valence-corrected chi connectivity index (χ2v) is 9.99. The Morgan fingerprint density at radius 3 is 2.41 bits per heavy atom. The molecule has 0 saturated heterocycles. The van der Waals surface area contributed by atoms with Crippen LogP contribution in [0.1, 0.15) is 12.0 Å². The minimum atomic E-state index is -3.13. The van der Waals surface area contributed by atoms with Gasteiger partial charge in [0.05, 0.1) is 16.9 Å². The van der Waals surface area contributed by atoms with Crippen LogP contribution < -0.4 is 5.32 Å². The quantitative estimate of drug-likeness (QED) is 0.413. The average Bonchev–Trinajstić information content (AvgIpc) is 3.17. The highest BCUT2D eigenvalue weighted by molar-refractivity contribution is 7.90. The van der Waals surface area contributed by atoms with E-state index in [0.717, 1.165) is 32.0 Å². The largest absolute Gasteiger partial charge is 0.369 e. The molecular weight excluding hydrogens is 402 g/mol. The maximum absolute atomic E-state index is 12.3. The summed E-state index contributed by atoms with van der Waals surface area (Å²) in [5.74, 6) is 0.965. The second kappa shape index (κ2) is 8.71. The fraction of sp³-hybridized carbons (Fsp3) is 0.182. The highest BCUT2D eigenvalue weighted by Crippen LogP contribution is 2.34. The number of hydrogen-bond donors (Lipinski definition) is 1. The van der Waals surface area contributed by atoms with E-state index in [9.17, 15) is 8.42 Å². The van der Waals surface area contributed by atoms with Gasteiger partial charge in [0.2, 0.25) is 0 Å². The number of aromatic nitrogens is 2. The third-order valence-corrected chi connectivity index (χ3v) is 7.32. The molecule has 2 heterocycles. The average molecular weight is 424 g/mol. The van der Waals surface area contributed by atoms with Gasteiger partial charge in [0, 0.05) is 11.4 Å². The lowest BCUT2D eigenvalue weighted by Gasteiger charge is -2.07. The first kappa shape index (κ1) is 19.5. The van der Waals surface area contributed by atoms with Gasteiger partial charge in [-0.15, -0.1) is 11.3 Å². The number of sulfone groups is 1. The summed E-state index contributed by atoms with van der Waals surface area (Å²) in [6.45, 7) is 0.538. The molecule has 0 bridgehead atoms. The minimum Gasteiger partial charge on any atom is -0.369 e. The summed E-state index contributed by atoms with van der Waals surface area (Å²) in [5.41, 5.74) is 1.97. The van der Waals surface area contributed by atoms with E-state index in [0.29, 0.717) is 13.0 Å². The molecule has 2 aromatic carbocycles. The van der Waals surface area contributed by atoms with Crippen molar-refractivity contribution in [3.8, 4) is 10.4 Å². The van der Waals surface area contributed by atoms with Gasteiger partial charge < -0.3 is 5.32 Å². The molecular formula is C22H21N3O2S2. The van der Waals surface area contributed by atoms with Gasteiger partial charge in [-0.1, -0.05) is 60.7 Å². The Balaban J connectivity index is 1.39. The van der Waals surface area contributed by atoms with E-state index in [-0.39, 0.29) is 11.5 Å². The van der Waals surface area contributed by atoms with Gasteiger partial charge in [-0.25, -0.2) is 18.4 Å². The van der Waals surface area contributed by atoms with Crippen molar-refractivity contribution >= 4 is 37.2 Å². The summed E-state index contributed by atoms with van der Waals surface area (Å²) >= 11 is 1.62. The molecule has 0 aliphatic heterocycles. The zero-order valence-electron chi connectivity index (χ0n) is 15.8. The Bertz CT molecular complexity index is 1190. The molecule has 29 heavy (non-hydrogen) atoms. The van der Waals surface area contributed by atoms with Crippen LogP contribution in [0.25, 0.3) is 20.7 Å².